The number of aliphatic carboxylic acids is 1. The number of ether oxygens (including phenoxy) is 1. The smallest absolute Gasteiger partial charge is 0.335 e. The van der Waals surface area contributed by atoms with Crippen LogP contribution in [0.5, 0.6) is 0 Å². The maximum atomic E-state index is 15.1. The fourth-order valence-corrected chi connectivity index (χ4v) is 5.96. The number of halogens is 2. The van der Waals surface area contributed by atoms with Crippen LogP contribution in [0.1, 0.15) is 35.6 Å². The molecule has 1 atom stereocenters. The Morgan fingerprint density at radius 1 is 0.923 bits per heavy atom. The fourth-order valence-electron chi connectivity index (χ4n) is 4.91. The molecule has 0 spiro atoms. The zero-order valence-electron chi connectivity index (χ0n) is 27.9. The largest absolute Gasteiger partial charge is 0.480 e. The first-order valence-corrected chi connectivity index (χ1v) is 17.1. The number of nitrogens with one attached hydrogen (secondary N) is 2. The van der Waals surface area contributed by atoms with Crippen LogP contribution in [-0.2, 0) is 39.6 Å². The molecule has 0 unspecified atom stereocenters. The number of amides is 1. The van der Waals surface area contributed by atoms with Crippen LogP contribution in [0.4, 0.5) is 14.5 Å². The Kier molecular flexibility index (Phi) is 11.0. The van der Waals surface area contributed by atoms with Crippen LogP contribution in [0.3, 0.4) is 0 Å². The summed E-state index contributed by atoms with van der Waals surface area (Å²) in [5.41, 5.74) is -1.03. The lowest BCUT2D eigenvalue weighted by molar-refractivity contribution is -0.139. The Morgan fingerprint density at radius 2 is 1.58 bits per heavy atom. The number of benzene rings is 3. The summed E-state index contributed by atoms with van der Waals surface area (Å²) in [4.78, 5) is 57.7. The minimum atomic E-state index is -4.42. The number of hydrogen-bond acceptors (Lipinski definition) is 9. The van der Waals surface area contributed by atoms with Crippen LogP contribution in [0.25, 0.3) is 16.8 Å². The second kappa shape index (κ2) is 15.4. The molecule has 0 aliphatic heterocycles. The van der Waals surface area contributed by atoms with Gasteiger partial charge in [0.1, 0.15) is 24.3 Å². The summed E-state index contributed by atoms with van der Waals surface area (Å²) in [6.07, 6.45) is 4.14. The Bertz CT molecular complexity index is 2350. The quantitative estimate of drug-likeness (QED) is 0.162. The van der Waals surface area contributed by atoms with Gasteiger partial charge in [-0.25, -0.2) is 41.3 Å². The standard InChI is InChI=1S/C35H32F2N6O8S/c1-20(2)51-19-31-38-17-23(18-39-31)22-6-10-25(11-7-22)52(49,50)41-29-16-27(36)26(15-28(29)37)33(45)40-30(34(46)47)14-21-4-8-24(9-5-21)43-32(44)12-13-42(3)35(43)48/h4-13,15-18,20,30,41H,14,19H2,1-3H3,(H,40,45)(H,46,47)/t30-/m0/s1. The lowest BCUT2D eigenvalue weighted by Gasteiger charge is -2.16. The highest BCUT2D eigenvalue weighted by Gasteiger charge is 2.25. The molecule has 14 nitrogen and oxygen atoms in total. The van der Waals surface area contributed by atoms with E-state index >= 15 is 8.78 Å². The molecule has 2 heterocycles. The fraction of sp³-hybridized carbons (Fsp3) is 0.200. The molecule has 0 bridgehead atoms. The van der Waals surface area contributed by atoms with Gasteiger partial charge in [-0.3, -0.25) is 14.3 Å². The number of aromatic nitrogens is 4. The van der Waals surface area contributed by atoms with Crippen LogP contribution in [0.15, 0.2) is 99.8 Å². The number of carboxylic acids is 1. The number of nitrogens with zero attached hydrogens (tertiary/aromatic N) is 4. The highest BCUT2D eigenvalue weighted by Crippen LogP contribution is 2.25. The maximum absolute atomic E-state index is 15.1. The molecule has 0 aliphatic carbocycles. The molecule has 3 aromatic carbocycles. The normalized spacial score (nSPS) is 12.0. The number of rotatable bonds is 13. The van der Waals surface area contributed by atoms with Gasteiger partial charge in [-0.1, -0.05) is 24.3 Å². The van der Waals surface area contributed by atoms with E-state index < -0.39 is 62.1 Å². The molecule has 17 heteroatoms. The third-order valence-corrected chi connectivity index (χ3v) is 9.07. The van der Waals surface area contributed by atoms with Gasteiger partial charge in [0, 0.05) is 49.8 Å². The third-order valence-electron chi connectivity index (χ3n) is 7.69. The summed E-state index contributed by atoms with van der Waals surface area (Å²) in [7, 11) is -2.95. The topological polar surface area (TPSA) is 192 Å². The molecule has 52 heavy (non-hydrogen) atoms. The van der Waals surface area contributed by atoms with E-state index in [1.807, 2.05) is 18.6 Å². The van der Waals surface area contributed by atoms with Crippen molar-refractivity contribution in [1.82, 2.24) is 24.4 Å². The summed E-state index contributed by atoms with van der Waals surface area (Å²) in [5, 5.41) is 11.9. The molecule has 2 aromatic heterocycles. The maximum Gasteiger partial charge on any atom is 0.335 e. The van der Waals surface area contributed by atoms with Crippen molar-refractivity contribution in [2.45, 2.75) is 43.9 Å². The number of carbonyl (C=O) groups excluding carboxylic acids is 1. The zero-order chi connectivity index (χ0) is 37.7. The van der Waals surface area contributed by atoms with Crippen LogP contribution >= 0.6 is 0 Å². The zero-order valence-corrected chi connectivity index (χ0v) is 28.7. The van der Waals surface area contributed by atoms with E-state index in [0.29, 0.717) is 34.6 Å². The van der Waals surface area contributed by atoms with Gasteiger partial charge in [0.15, 0.2) is 5.82 Å². The van der Waals surface area contributed by atoms with Crippen molar-refractivity contribution in [2.75, 3.05) is 4.72 Å². The summed E-state index contributed by atoms with van der Waals surface area (Å²) in [5.74, 6) is -4.90. The lowest BCUT2D eigenvalue weighted by atomic mass is 10.0. The highest BCUT2D eigenvalue weighted by atomic mass is 32.2. The van der Waals surface area contributed by atoms with E-state index in [9.17, 15) is 32.7 Å². The summed E-state index contributed by atoms with van der Waals surface area (Å²) >= 11 is 0. The molecule has 0 radical (unpaired) electrons. The molecule has 3 N–H and O–H groups in total. The van der Waals surface area contributed by atoms with Crippen molar-refractivity contribution in [3.63, 3.8) is 0 Å². The van der Waals surface area contributed by atoms with Crippen LogP contribution < -0.4 is 21.3 Å². The van der Waals surface area contributed by atoms with Crippen molar-refractivity contribution in [3.8, 4) is 16.8 Å². The number of sulfonamides is 1. The van der Waals surface area contributed by atoms with E-state index in [1.54, 1.807) is 12.4 Å². The van der Waals surface area contributed by atoms with E-state index in [-0.39, 0.29) is 29.7 Å². The van der Waals surface area contributed by atoms with E-state index in [1.165, 1.54) is 72.4 Å². The van der Waals surface area contributed by atoms with E-state index in [4.69, 9.17) is 4.74 Å². The Labute approximate surface area is 295 Å². The lowest BCUT2D eigenvalue weighted by Crippen LogP contribution is -2.42. The molecule has 0 fully saturated rings. The number of aryl methyl sites for hydroxylation is 1. The van der Waals surface area contributed by atoms with Crippen LogP contribution in [0, 0.1) is 11.6 Å². The first kappa shape index (κ1) is 37.2. The van der Waals surface area contributed by atoms with Crippen molar-refractivity contribution >= 4 is 27.6 Å². The number of anilines is 1. The van der Waals surface area contributed by atoms with Crippen LogP contribution in [-0.4, -0.2) is 56.6 Å². The number of hydrogen-bond donors (Lipinski definition) is 3. The second-order valence-corrected chi connectivity index (χ2v) is 13.5. The summed E-state index contributed by atoms with van der Waals surface area (Å²) < 4.78 is 65.8. The molecule has 5 rings (SSSR count). The van der Waals surface area contributed by atoms with Gasteiger partial charge in [-0.2, -0.15) is 0 Å². The highest BCUT2D eigenvalue weighted by molar-refractivity contribution is 7.92. The molecule has 0 saturated heterocycles. The minimum absolute atomic E-state index is 0.00452. The predicted molar refractivity (Wildman–Crippen MR) is 184 cm³/mol. The van der Waals surface area contributed by atoms with E-state index in [0.717, 1.165) is 4.57 Å². The van der Waals surface area contributed by atoms with Gasteiger partial charge in [-0.05, 0) is 55.3 Å². The van der Waals surface area contributed by atoms with E-state index in [2.05, 4.69) is 15.3 Å². The molecule has 1 amide bonds. The van der Waals surface area contributed by atoms with Crippen molar-refractivity contribution in [2.24, 2.45) is 7.05 Å². The molecular formula is C35H32F2N6O8S. The average Bonchev–Trinajstić information content (AvgIpc) is 3.11. The van der Waals surface area contributed by atoms with Gasteiger partial charge in [0.2, 0.25) is 0 Å². The summed E-state index contributed by atoms with van der Waals surface area (Å²) in [6.45, 7) is 4.00. The second-order valence-electron chi connectivity index (χ2n) is 11.8. The van der Waals surface area contributed by atoms with Gasteiger partial charge >= 0.3 is 11.7 Å². The molecule has 0 aliphatic rings. The van der Waals surface area contributed by atoms with Gasteiger partial charge in [0.25, 0.3) is 21.5 Å². The average molecular weight is 735 g/mol. The molecular weight excluding hydrogens is 702 g/mol. The summed E-state index contributed by atoms with van der Waals surface area (Å²) in [6, 6.07) is 11.7. The Morgan fingerprint density at radius 3 is 2.19 bits per heavy atom. The predicted octanol–water partition coefficient (Wildman–Crippen LogP) is 3.42. The number of carbonyl (C=O) groups is 2. The SMILES string of the molecule is CC(C)OCc1ncc(-c2ccc(S(=O)(=O)Nc3cc(F)c(C(=O)N[C@@H](Cc4ccc(-n5c(=O)ccn(C)c5=O)cc4)C(=O)O)cc3F)cc2)cn1. The van der Waals surface area contributed by atoms with Gasteiger partial charge in [0.05, 0.1) is 27.9 Å². The Hall–Kier alpha value is -6.07. The van der Waals surface area contributed by atoms with Crippen molar-refractivity contribution in [3.05, 3.63) is 135 Å². The number of carboxylic acid groups (broad SMARTS) is 1. The molecule has 5 aromatic rings. The van der Waals surface area contributed by atoms with Crippen molar-refractivity contribution < 1.29 is 36.6 Å². The van der Waals surface area contributed by atoms with Crippen LogP contribution in [0.2, 0.25) is 0 Å². The van der Waals surface area contributed by atoms with Crippen molar-refractivity contribution in [1.29, 1.82) is 0 Å². The van der Waals surface area contributed by atoms with Gasteiger partial charge in [-0.15, -0.1) is 0 Å². The van der Waals surface area contributed by atoms with Gasteiger partial charge < -0.3 is 19.7 Å². The third kappa shape index (κ3) is 8.62. The molecule has 0 saturated carbocycles. The monoisotopic (exact) mass is 734 g/mol. The first-order chi connectivity index (χ1) is 24.6. The molecule has 270 valence electrons. The first-order valence-electron chi connectivity index (χ1n) is 15.6. The Balaban J connectivity index is 1.26. The minimum Gasteiger partial charge on any atom is -0.480 e.